The van der Waals surface area contributed by atoms with Gasteiger partial charge in [0.05, 0.1) is 16.3 Å². The van der Waals surface area contributed by atoms with Crippen LogP contribution in [0.3, 0.4) is 0 Å². The Labute approximate surface area is 115 Å². The van der Waals surface area contributed by atoms with Gasteiger partial charge in [0, 0.05) is 6.20 Å². The van der Waals surface area contributed by atoms with Crippen molar-refractivity contribution in [1.29, 1.82) is 0 Å². The van der Waals surface area contributed by atoms with E-state index in [1.807, 2.05) is 25.1 Å². The maximum atomic E-state index is 6.11. The quantitative estimate of drug-likeness (QED) is 0.845. The van der Waals surface area contributed by atoms with Gasteiger partial charge in [0.15, 0.2) is 0 Å². The first-order chi connectivity index (χ1) is 8.58. The van der Waals surface area contributed by atoms with Crippen LogP contribution in [0.1, 0.15) is 11.1 Å². The molecule has 2 aromatic rings. The van der Waals surface area contributed by atoms with Gasteiger partial charge in [0.1, 0.15) is 17.1 Å². The lowest BCUT2D eigenvalue weighted by Gasteiger charge is -2.11. The molecular formula is C12H11ClN4S. The molecule has 0 spiro atoms. The highest BCUT2D eigenvalue weighted by Gasteiger charge is 2.08. The van der Waals surface area contributed by atoms with Crippen LogP contribution in [0.4, 0.5) is 11.5 Å². The molecule has 18 heavy (non-hydrogen) atoms. The van der Waals surface area contributed by atoms with Crippen molar-refractivity contribution in [3.8, 4) is 0 Å². The highest BCUT2D eigenvalue weighted by atomic mass is 35.5. The SMILES string of the molecule is Cc1ccc(Cl)c(Nc2ncncc2C(N)=S)c1. The first-order valence-electron chi connectivity index (χ1n) is 5.21. The second kappa shape index (κ2) is 5.29. The second-order valence-corrected chi connectivity index (χ2v) is 4.60. The van der Waals surface area contributed by atoms with Gasteiger partial charge in [-0.25, -0.2) is 9.97 Å². The molecule has 0 bridgehead atoms. The Morgan fingerprint density at radius 1 is 1.44 bits per heavy atom. The fraction of sp³-hybridized carbons (Fsp3) is 0.0833. The number of nitrogens with zero attached hydrogens (tertiary/aromatic N) is 2. The average molecular weight is 279 g/mol. The Morgan fingerprint density at radius 3 is 2.94 bits per heavy atom. The number of thiocarbonyl (C=S) groups is 1. The zero-order valence-electron chi connectivity index (χ0n) is 9.64. The molecule has 0 radical (unpaired) electrons. The van der Waals surface area contributed by atoms with E-state index in [-0.39, 0.29) is 4.99 Å². The fourth-order valence-electron chi connectivity index (χ4n) is 1.47. The van der Waals surface area contributed by atoms with Crippen molar-refractivity contribution in [2.24, 2.45) is 5.73 Å². The molecule has 0 fully saturated rings. The van der Waals surface area contributed by atoms with Crippen molar-refractivity contribution in [1.82, 2.24) is 9.97 Å². The van der Waals surface area contributed by atoms with Crippen LogP contribution in [0.5, 0.6) is 0 Å². The van der Waals surface area contributed by atoms with E-state index in [4.69, 9.17) is 29.6 Å². The third-order valence-corrected chi connectivity index (χ3v) is 2.90. The number of hydrogen-bond acceptors (Lipinski definition) is 4. The topological polar surface area (TPSA) is 63.8 Å². The summed E-state index contributed by atoms with van der Waals surface area (Å²) in [6, 6.07) is 5.68. The van der Waals surface area contributed by atoms with E-state index in [1.54, 1.807) is 6.20 Å². The standard InChI is InChI=1S/C12H11ClN4S/c1-7-2-3-9(13)10(4-7)17-12-8(11(14)18)5-15-6-16-12/h2-6H,1H3,(H2,14,18)(H,15,16,17). The Bertz CT molecular complexity index is 600. The molecule has 1 aromatic heterocycles. The van der Waals surface area contributed by atoms with Crippen LogP contribution in [0, 0.1) is 6.92 Å². The Kier molecular flexibility index (Phi) is 3.74. The first-order valence-corrected chi connectivity index (χ1v) is 5.99. The van der Waals surface area contributed by atoms with Crippen molar-refractivity contribution in [3.05, 3.63) is 46.9 Å². The van der Waals surface area contributed by atoms with E-state index < -0.39 is 0 Å². The van der Waals surface area contributed by atoms with Crippen LogP contribution in [0.25, 0.3) is 0 Å². The van der Waals surface area contributed by atoms with Gasteiger partial charge in [-0.15, -0.1) is 0 Å². The molecule has 92 valence electrons. The van der Waals surface area contributed by atoms with Gasteiger partial charge in [0.25, 0.3) is 0 Å². The van der Waals surface area contributed by atoms with E-state index in [2.05, 4.69) is 15.3 Å². The molecular weight excluding hydrogens is 268 g/mol. The molecule has 1 heterocycles. The van der Waals surface area contributed by atoms with Gasteiger partial charge in [-0.3, -0.25) is 0 Å². The number of halogens is 1. The molecule has 1 aromatic carbocycles. The van der Waals surface area contributed by atoms with E-state index in [0.29, 0.717) is 16.4 Å². The van der Waals surface area contributed by atoms with Crippen LogP contribution in [0.15, 0.2) is 30.7 Å². The van der Waals surface area contributed by atoms with Crippen LogP contribution in [0.2, 0.25) is 5.02 Å². The van der Waals surface area contributed by atoms with E-state index in [0.717, 1.165) is 11.3 Å². The number of nitrogens with two attached hydrogens (primary N) is 1. The van der Waals surface area contributed by atoms with Crippen LogP contribution in [-0.4, -0.2) is 15.0 Å². The molecule has 4 nitrogen and oxygen atoms in total. The Balaban J connectivity index is 2.40. The minimum absolute atomic E-state index is 0.238. The van der Waals surface area contributed by atoms with Crippen LogP contribution >= 0.6 is 23.8 Å². The summed E-state index contributed by atoms with van der Waals surface area (Å²) in [6.07, 6.45) is 3.00. The fourth-order valence-corrected chi connectivity index (χ4v) is 1.79. The highest BCUT2D eigenvalue weighted by molar-refractivity contribution is 7.80. The van der Waals surface area contributed by atoms with Gasteiger partial charge in [-0.2, -0.15) is 0 Å². The summed E-state index contributed by atoms with van der Waals surface area (Å²) < 4.78 is 0. The number of aryl methyl sites for hydroxylation is 1. The molecule has 0 aliphatic rings. The summed E-state index contributed by atoms with van der Waals surface area (Å²) in [5.74, 6) is 0.546. The van der Waals surface area contributed by atoms with E-state index in [1.165, 1.54) is 6.33 Å². The highest BCUT2D eigenvalue weighted by Crippen LogP contribution is 2.26. The number of hydrogen-bond donors (Lipinski definition) is 2. The Hall–Kier alpha value is -1.72. The maximum absolute atomic E-state index is 6.11. The van der Waals surface area contributed by atoms with E-state index in [9.17, 15) is 0 Å². The number of anilines is 2. The minimum Gasteiger partial charge on any atom is -0.389 e. The third-order valence-electron chi connectivity index (χ3n) is 2.35. The molecule has 0 aliphatic heterocycles. The second-order valence-electron chi connectivity index (χ2n) is 3.76. The summed E-state index contributed by atoms with van der Waals surface area (Å²) in [6.45, 7) is 1.98. The molecule has 0 saturated heterocycles. The molecule has 0 aliphatic carbocycles. The molecule has 0 saturated carbocycles. The van der Waals surface area contributed by atoms with Crippen molar-refractivity contribution >= 4 is 40.3 Å². The summed E-state index contributed by atoms with van der Waals surface area (Å²) in [5, 5.41) is 3.72. The molecule has 0 unspecified atom stereocenters. The van der Waals surface area contributed by atoms with Gasteiger partial charge < -0.3 is 11.1 Å². The summed E-state index contributed by atoms with van der Waals surface area (Å²) in [4.78, 5) is 8.25. The maximum Gasteiger partial charge on any atom is 0.144 e. The lowest BCUT2D eigenvalue weighted by molar-refractivity contribution is 1.16. The summed E-state index contributed by atoms with van der Waals surface area (Å²) >= 11 is 11.1. The smallest absolute Gasteiger partial charge is 0.144 e. The molecule has 0 atom stereocenters. The predicted molar refractivity (Wildman–Crippen MR) is 77.4 cm³/mol. The normalized spacial score (nSPS) is 10.1. The minimum atomic E-state index is 0.238. The van der Waals surface area contributed by atoms with Gasteiger partial charge in [0.2, 0.25) is 0 Å². The number of nitrogens with one attached hydrogen (secondary N) is 1. The van der Waals surface area contributed by atoms with Gasteiger partial charge in [-0.1, -0.05) is 29.9 Å². The van der Waals surface area contributed by atoms with Crippen molar-refractivity contribution in [2.45, 2.75) is 6.92 Å². The molecule has 2 rings (SSSR count). The lowest BCUT2D eigenvalue weighted by atomic mass is 10.2. The zero-order valence-corrected chi connectivity index (χ0v) is 11.2. The molecule has 0 amide bonds. The van der Waals surface area contributed by atoms with Crippen molar-refractivity contribution in [2.75, 3.05) is 5.32 Å². The first kappa shape index (κ1) is 12.7. The van der Waals surface area contributed by atoms with Crippen molar-refractivity contribution < 1.29 is 0 Å². The number of benzene rings is 1. The zero-order chi connectivity index (χ0) is 13.1. The number of aromatic nitrogens is 2. The largest absolute Gasteiger partial charge is 0.389 e. The van der Waals surface area contributed by atoms with Gasteiger partial charge >= 0.3 is 0 Å². The van der Waals surface area contributed by atoms with Crippen LogP contribution in [-0.2, 0) is 0 Å². The molecule has 3 N–H and O–H groups in total. The third kappa shape index (κ3) is 2.75. The molecule has 6 heteroatoms. The number of rotatable bonds is 3. The van der Waals surface area contributed by atoms with Crippen molar-refractivity contribution in [3.63, 3.8) is 0 Å². The Morgan fingerprint density at radius 2 is 2.22 bits per heavy atom. The van der Waals surface area contributed by atoms with E-state index >= 15 is 0 Å². The van der Waals surface area contributed by atoms with Crippen LogP contribution < -0.4 is 11.1 Å². The monoisotopic (exact) mass is 278 g/mol. The average Bonchev–Trinajstić information content (AvgIpc) is 2.34. The lowest BCUT2D eigenvalue weighted by Crippen LogP contribution is -2.13. The summed E-state index contributed by atoms with van der Waals surface area (Å²) in [5.41, 5.74) is 8.05. The predicted octanol–water partition coefficient (Wildman–Crippen LogP) is 2.82. The van der Waals surface area contributed by atoms with Gasteiger partial charge in [-0.05, 0) is 24.6 Å². The summed E-state index contributed by atoms with van der Waals surface area (Å²) in [7, 11) is 0.